The van der Waals surface area contributed by atoms with Crippen molar-refractivity contribution in [2.75, 3.05) is 5.73 Å². The summed E-state index contributed by atoms with van der Waals surface area (Å²) in [6, 6.07) is 8.90. The number of aromatic nitrogens is 2. The van der Waals surface area contributed by atoms with Gasteiger partial charge in [0.25, 0.3) is 0 Å². The lowest BCUT2D eigenvalue weighted by atomic mass is 9.84. The normalized spacial score (nSPS) is 16.5. The summed E-state index contributed by atoms with van der Waals surface area (Å²) in [5.74, 6) is 1.28. The molecule has 0 aliphatic heterocycles. The maximum atomic E-state index is 5.85. The van der Waals surface area contributed by atoms with Gasteiger partial charge in [-0.3, -0.25) is 0 Å². The van der Waals surface area contributed by atoms with E-state index in [0.29, 0.717) is 5.95 Å². The van der Waals surface area contributed by atoms with E-state index in [1.165, 1.54) is 37.7 Å². The average Bonchev–Trinajstić information content (AvgIpc) is 2.73. The van der Waals surface area contributed by atoms with Crippen LogP contribution in [0.1, 0.15) is 43.6 Å². The largest absolute Gasteiger partial charge is 0.369 e. The summed E-state index contributed by atoms with van der Waals surface area (Å²) in [7, 11) is 1.94. The number of anilines is 1. The molecule has 1 heterocycles. The first-order chi connectivity index (χ1) is 9.66. The molecule has 1 aromatic heterocycles. The van der Waals surface area contributed by atoms with Crippen molar-refractivity contribution in [3.8, 4) is 11.3 Å². The molecule has 2 aromatic rings. The highest BCUT2D eigenvalue weighted by molar-refractivity contribution is 9.10. The van der Waals surface area contributed by atoms with E-state index in [-0.39, 0.29) is 0 Å². The quantitative estimate of drug-likeness (QED) is 0.880. The van der Waals surface area contributed by atoms with E-state index in [1.807, 2.05) is 11.6 Å². The Morgan fingerprint density at radius 1 is 1.15 bits per heavy atom. The molecule has 0 amide bonds. The van der Waals surface area contributed by atoms with Crippen LogP contribution in [-0.2, 0) is 7.05 Å². The minimum Gasteiger partial charge on any atom is -0.369 e. The number of imidazole rings is 1. The van der Waals surface area contributed by atoms with Gasteiger partial charge in [-0.1, -0.05) is 43.5 Å². The van der Waals surface area contributed by atoms with Crippen LogP contribution >= 0.6 is 15.9 Å². The lowest BCUT2D eigenvalue weighted by Crippen LogP contribution is -2.04. The zero-order valence-corrected chi connectivity index (χ0v) is 13.4. The first-order valence-corrected chi connectivity index (χ1v) is 8.04. The van der Waals surface area contributed by atoms with E-state index in [1.54, 1.807) is 0 Å². The van der Waals surface area contributed by atoms with Crippen LogP contribution in [0.15, 0.2) is 28.9 Å². The van der Waals surface area contributed by atoms with E-state index in [2.05, 4.69) is 45.2 Å². The molecule has 3 rings (SSSR count). The summed E-state index contributed by atoms with van der Waals surface area (Å²) in [5, 5.41) is 0. The molecule has 0 radical (unpaired) electrons. The maximum absolute atomic E-state index is 5.85. The van der Waals surface area contributed by atoms with Crippen LogP contribution in [0.4, 0.5) is 5.95 Å². The van der Waals surface area contributed by atoms with Crippen LogP contribution in [0.2, 0.25) is 0 Å². The van der Waals surface area contributed by atoms with Crippen LogP contribution < -0.4 is 5.73 Å². The fourth-order valence-corrected chi connectivity index (χ4v) is 3.82. The number of nitrogens with zero attached hydrogens (tertiary/aromatic N) is 2. The van der Waals surface area contributed by atoms with Crippen LogP contribution in [0.3, 0.4) is 0 Å². The van der Waals surface area contributed by atoms with Gasteiger partial charge in [-0.25, -0.2) is 4.98 Å². The minimum absolute atomic E-state index is 0.531. The third-order valence-electron chi connectivity index (χ3n) is 4.35. The highest BCUT2D eigenvalue weighted by Crippen LogP contribution is 2.35. The zero-order valence-electron chi connectivity index (χ0n) is 11.8. The second-order valence-electron chi connectivity index (χ2n) is 5.63. The van der Waals surface area contributed by atoms with Gasteiger partial charge < -0.3 is 10.3 Å². The summed E-state index contributed by atoms with van der Waals surface area (Å²) in [6.45, 7) is 0. The molecule has 0 saturated heterocycles. The van der Waals surface area contributed by atoms with E-state index in [9.17, 15) is 0 Å². The standard InChI is InChI=1S/C16H20BrN3/c1-20-14(15(17)19-16(20)18)13-9-7-12(8-10-13)11-5-3-2-4-6-11/h7-11H,2-6H2,1H3,(H2,18,19). The SMILES string of the molecule is Cn1c(N)nc(Br)c1-c1ccc(C2CCCCC2)cc1. The number of benzene rings is 1. The highest BCUT2D eigenvalue weighted by atomic mass is 79.9. The van der Waals surface area contributed by atoms with Crippen molar-refractivity contribution in [1.82, 2.24) is 9.55 Å². The molecular formula is C16H20BrN3. The van der Waals surface area contributed by atoms with Gasteiger partial charge in [0.1, 0.15) is 4.60 Å². The number of hydrogen-bond donors (Lipinski definition) is 1. The number of rotatable bonds is 2. The lowest BCUT2D eigenvalue weighted by Gasteiger charge is -2.22. The van der Waals surface area contributed by atoms with Crippen LogP contribution in [0.5, 0.6) is 0 Å². The summed E-state index contributed by atoms with van der Waals surface area (Å²) in [4.78, 5) is 4.26. The smallest absolute Gasteiger partial charge is 0.201 e. The number of halogens is 1. The van der Waals surface area contributed by atoms with E-state index < -0.39 is 0 Å². The fraction of sp³-hybridized carbons (Fsp3) is 0.438. The molecule has 20 heavy (non-hydrogen) atoms. The predicted molar refractivity (Wildman–Crippen MR) is 86.6 cm³/mol. The van der Waals surface area contributed by atoms with E-state index in [4.69, 9.17) is 5.73 Å². The Hall–Kier alpha value is -1.29. The van der Waals surface area contributed by atoms with Crippen LogP contribution in [0.25, 0.3) is 11.3 Å². The van der Waals surface area contributed by atoms with Gasteiger partial charge in [-0.2, -0.15) is 0 Å². The van der Waals surface area contributed by atoms with Crippen molar-refractivity contribution in [1.29, 1.82) is 0 Å². The number of hydrogen-bond acceptors (Lipinski definition) is 2. The Labute approximate surface area is 128 Å². The van der Waals surface area contributed by atoms with Crippen molar-refractivity contribution in [3.05, 3.63) is 34.4 Å². The van der Waals surface area contributed by atoms with Crippen LogP contribution in [0, 0.1) is 0 Å². The summed E-state index contributed by atoms with van der Waals surface area (Å²) >= 11 is 3.49. The van der Waals surface area contributed by atoms with E-state index in [0.717, 1.165) is 21.8 Å². The monoisotopic (exact) mass is 333 g/mol. The Kier molecular flexibility index (Phi) is 3.83. The third-order valence-corrected chi connectivity index (χ3v) is 4.90. The molecule has 1 saturated carbocycles. The second-order valence-corrected chi connectivity index (χ2v) is 6.38. The molecule has 0 atom stereocenters. The van der Waals surface area contributed by atoms with Gasteiger partial charge in [0.15, 0.2) is 0 Å². The van der Waals surface area contributed by atoms with Gasteiger partial charge in [-0.05, 0) is 40.3 Å². The molecule has 4 heteroatoms. The van der Waals surface area contributed by atoms with Crippen molar-refractivity contribution in [2.24, 2.45) is 7.05 Å². The van der Waals surface area contributed by atoms with Crippen molar-refractivity contribution in [2.45, 2.75) is 38.0 Å². The van der Waals surface area contributed by atoms with Crippen molar-refractivity contribution in [3.63, 3.8) is 0 Å². The summed E-state index contributed by atoms with van der Waals surface area (Å²) < 4.78 is 2.72. The Morgan fingerprint density at radius 2 is 1.80 bits per heavy atom. The van der Waals surface area contributed by atoms with Gasteiger partial charge in [-0.15, -0.1) is 0 Å². The first-order valence-electron chi connectivity index (χ1n) is 7.25. The Balaban J connectivity index is 1.89. The lowest BCUT2D eigenvalue weighted by molar-refractivity contribution is 0.443. The van der Waals surface area contributed by atoms with Gasteiger partial charge in [0.05, 0.1) is 5.69 Å². The van der Waals surface area contributed by atoms with Gasteiger partial charge in [0, 0.05) is 12.6 Å². The second kappa shape index (κ2) is 5.60. The minimum atomic E-state index is 0.531. The molecule has 2 N–H and O–H groups in total. The predicted octanol–water partition coefficient (Wildman–Crippen LogP) is 4.48. The molecule has 1 aromatic carbocycles. The summed E-state index contributed by atoms with van der Waals surface area (Å²) in [6.07, 6.45) is 6.81. The molecule has 1 aliphatic carbocycles. The maximum Gasteiger partial charge on any atom is 0.201 e. The third kappa shape index (κ3) is 2.49. The van der Waals surface area contributed by atoms with Crippen LogP contribution in [-0.4, -0.2) is 9.55 Å². The fourth-order valence-electron chi connectivity index (χ4n) is 3.14. The Bertz CT molecular complexity index is 595. The number of nitrogen functional groups attached to an aromatic ring is 1. The molecular weight excluding hydrogens is 314 g/mol. The number of nitrogens with two attached hydrogens (primary N) is 1. The van der Waals surface area contributed by atoms with Gasteiger partial charge >= 0.3 is 0 Å². The molecule has 3 nitrogen and oxygen atoms in total. The first kappa shape index (κ1) is 13.7. The summed E-state index contributed by atoms with van der Waals surface area (Å²) in [5.41, 5.74) is 9.51. The molecule has 0 spiro atoms. The van der Waals surface area contributed by atoms with Crippen molar-refractivity contribution >= 4 is 21.9 Å². The Morgan fingerprint density at radius 3 is 2.35 bits per heavy atom. The highest BCUT2D eigenvalue weighted by Gasteiger charge is 2.17. The zero-order chi connectivity index (χ0) is 14.1. The molecule has 0 bridgehead atoms. The topological polar surface area (TPSA) is 43.8 Å². The molecule has 106 valence electrons. The van der Waals surface area contributed by atoms with Crippen molar-refractivity contribution < 1.29 is 0 Å². The average molecular weight is 334 g/mol. The molecule has 0 unspecified atom stereocenters. The molecule has 1 aliphatic rings. The van der Waals surface area contributed by atoms with E-state index >= 15 is 0 Å². The molecule has 1 fully saturated rings. The van der Waals surface area contributed by atoms with Gasteiger partial charge in [0.2, 0.25) is 5.95 Å².